The Morgan fingerprint density at radius 3 is 2.57 bits per heavy atom. The zero-order chi connectivity index (χ0) is 14.8. The van der Waals surface area contributed by atoms with Crippen molar-refractivity contribution >= 4 is 17.4 Å². The summed E-state index contributed by atoms with van der Waals surface area (Å²) in [6.45, 7) is 0. The SMILES string of the molecule is NC(=NO)c1ccc(NC(=O)C2Cc3ccccc32)cc1. The van der Waals surface area contributed by atoms with E-state index in [9.17, 15) is 4.79 Å². The van der Waals surface area contributed by atoms with Crippen LogP contribution in [0.3, 0.4) is 0 Å². The third-order valence-corrected chi connectivity index (χ3v) is 3.73. The molecule has 0 bridgehead atoms. The summed E-state index contributed by atoms with van der Waals surface area (Å²) in [5, 5.41) is 14.4. The second-order valence-corrected chi connectivity index (χ2v) is 5.01. The Hall–Kier alpha value is -2.82. The number of amidine groups is 1. The zero-order valence-corrected chi connectivity index (χ0v) is 11.3. The molecule has 4 N–H and O–H groups in total. The van der Waals surface area contributed by atoms with Crippen LogP contribution in [0.1, 0.15) is 22.6 Å². The van der Waals surface area contributed by atoms with Gasteiger partial charge in [0, 0.05) is 11.3 Å². The van der Waals surface area contributed by atoms with E-state index in [2.05, 4.69) is 10.5 Å². The predicted octanol–water partition coefficient (Wildman–Crippen LogP) is 2.06. The standard InChI is InChI=1S/C16H15N3O2/c17-15(19-21)10-5-7-12(8-6-10)18-16(20)14-9-11-3-1-2-4-13(11)14/h1-8,14,21H,9H2,(H2,17,19)(H,18,20). The number of nitrogens with zero attached hydrogens (tertiary/aromatic N) is 1. The number of nitrogens with two attached hydrogens (primary N) is 1. The van der Waals surface area contributed by atoms with Crippen LogP contribution in [-0.4, -0.2) is 17.0 Å². The molecule has 1 unspecified atom stereocenters. The van der Waals surface area contributed by atoms with E-state index in [1.54, 1.807) is 24.3 Å². The third kappa shape index (κ3) is 2.45. The number of anilines is 1. The fourth-order valence-electron chi connectivity index (χ4n) is 2.50. The molecule has 2 aromatic rings. The van der Waals surface area contributed by atoms with Crippen molar-refractivity contribution in [3.8, 4) is 0 Å². The molecule has 0 fully saturated rings. The van der Waals surface area contributed by atoms with Gasteiger partial charge in [-0.25, -0.2) is 0 Å². The molecule has 5 nitrogen and oxygen atoms in total. The van der Waals surface area contributed by atoms with Crippen LogP contribution in [0.25, 0.3) is 0 Å². The highest BCUT2D eigenvalue weighted by molar-refractivity contribution is 5.99. The second-order valence-electron chi connectivity index (χ2n) is 5.01. The van der Waals surface area contributed by atoms with Crippen molar-refractivity contribution in [2.75, 3.05) is 5.32 Å². The number of carbonyl (C=O) groups excluding carboxylic acids is 1. The minimum atomic E-state index is -0.0787. The van der Waals surface area contributed by atoms with E-state index in [-0.39, 0.29) is 17.7 Å². The molecule has 1 amide bonds. The van der Waals surface area contributed by atoms with Gasteiger partial charge in [0.2, 0.25) is 5.91 Å². The number of hydrogen-bond acceptors (Lipinski definition) is 3. The first kappa shape index (κ1) is 13.2. The summed E-state index contributed by atoms with van der Waals surface area (Å²) in [7, 11) is 0. The fourth-order valence-corrected chi connectivity index (χ4v) is 2.50. The molecule has 0 saturated carbocycles. The molecule has 0 heterocycles. The lowest BCUT2D eigenvalue weighted by Crippen LogP contribution is -2.30. The molecule has 1 aliphatic carbocycles. The Morgan fingerprint density at radius 1 is 1.19 bits per heavy atom. The van der Waals surface area contributed by atoms with E-state index in [0.29, 0.717) is 11.3 Å². The maximum Gasteiger partial charge on any atom is 0.232 e. The van der Waals surface area contributed by atoms with E-state index in [1.165, 1.54) is 5.56 Å². The van der Waals surface area contributed by atoms with E-state index >= 15 is 0 Å². The number of carbonyl (C=O) groups is 1. The van der Waals surface area contributed by atoms with E-state index in [1.807, 2.05) is 24.3 Å². The minimum Gasteiger partial charge on any atom is -0.409 e. The third-order valence-electron chi connectivity index (χ3n) is 3.73. The molecule has 0 saturated heterocycles. The quantitative estimate of drug-likeness (QED) is 0.348. The van der Waals surface area contributed by atoms with Crippen molar-refractivity contribution in [3.63, 3.8) is 0 Å². The van der Waals surface area contributed by atoms with Gasteiger partial charge in [0.05, 0.1) is 5.92 Å². The number of oxime groups is 1. The molecule has 1 atom stereocenters. The molecule has 5 heteroatoms. The van der Waals surface area contributed by atoms with Gasteiger partial charge in [-0.15, -0.1) is 0 Å². The van der Waals surface area contributed by atoms with Crippen molar-refractivity contribution in [2.24, 2.45) is 10.9 Å². The molecular formula is C16H15N3O2. The summed E-state index contributed by atoms with van der Waals surface area (Å²) in [5.41, 5.74) is 9.12. The average Bonchev–Trinajstić information content (AvgIpc) is 2.48. The normalized spacial score (nSPS) is 16.8. The van der Waals surface area contributed by atoms with E-state index in [4.69, 9.17) is 10.9 Å². The van der Waals surface area contributed by atoms with Crippen molar-refractivity contribution in [1.82, 2.24) is 0 Å². The second kappa shape index (κ2) is 5.28. The van der Waals surface area contributed by atoms with Gasteiger partial charge in [-0.2, -0.15) is 0 Å². The first-order valence-electron chi connectivity index (χ1n) is 6.65. The van der Waals surface area contributed by atoms with Gasteiger partial charge in [-0.05, 0) is 41.8 Å². The van der Waals surface area contributed by atoms with Gasteiger partial charge in [0.25, 0.3) is 0 Å². The van der Waals surface area contributed by atoms with Crippen molar-refractivity contribution in [3.05, 3.63) is 65.2 Å². The molecule has 0 spiro atoms. The van der Waals surface area contributed by atoms with Gasteiger partial charge in [-0.1, -0.05) is 29.4 Å². The molecule has 0 aliphatic heterocycles. The lowest BCUT2D eigenvalue weighted by atomic mass is 9.77. The fraction of sp³-hybridized carbons (Fsp3) is 0.125. The number of nitrogens with one attached hydrogen (secondary N) is 1. The van der Waals surface area contributed by atoms with Crippen LogP contribution in [0.15, 0.2) is 53.7 Å². The lowest BCUT2D eigenvalue weighted by Gasteiger charge is -2.28. The molecular weight excluding hydrogens is 266 g/mol. The average molecular weight is 281 g/mol. The number of benzene rings is 2. The van der Waals surface area contributed by atoms with Crippen LogP contribution in [-0.2, 0) is 11.2 Å². The Balaban J connectivity index is 1.69. The molecule has 2 aromatic carbocycles. The van der Waals surface area contributed by atoms with Crippen LogP contribution in [0, 0.1) is 0 Å². The highest BCUT2D eigenvalue weighted by atomic mass is 16.4. The summed E-state index contributed by atoms with van der Waals surface area (Å²) in [5.74, 6) is -0.0454. The number of rotatable bonds is 3. The molecule has 106 valence electrons. The number of amides is 1. The maximum atomic E-state index is 12.2. The first-order chi connectivity index (χ1) is 10.2. The van der Waals surface area contributed by atoms with Gasteiger partial charge in [0.1, 0.15) is 0 Å². The van der Waals surface area contributed by atoms with Crippen molar-refractivity contribution < 1.29 is 10.0 Å². The van der Waals surface area contributed by atoms with E-state index in [0.717, 1.165) is 12.0 Å². The largest absolute Gasteiger partial charge is 0.409 e. The van der Waals surface area contributed by atoms with Crippen LogP contribution in [0.2, 0.25) is 0 Å². The smallest absolute Gasteiger partial charge is 0.232 e. The molecule has 0 aromatic heterocycles. The summed E-state index contributed by atoms with van der Waals surface area (Å²) in [6, 6.07) is 14.8. The zero-order valence-electron chi connectivity index (χ0n) is 11.3. The topological polar surface area (TPSA) is 87.7 Å². The van der Waals surface area contributed by atoms with Crippen molar-refractivity contribution in [1.29, 1.82) is 0 Å². The molecule has 1 aliphatic rings. The van der Waals surface area contributed by atoms with E-state index < -0.39 is 0 Å². The van der Waals surface area contributed by atoms with Crippen LogP contribution in [0.5, 0.6) is 0 Å². The summed E-state index contributed by atoms with van der Waals surface area (Å²) in [4.78, 5) is 12.2. The Morgan fingerprint density at radius 2 is 1.90 bits per heavy atom. The van der Waals surface area contributed by atoms with Gasteiger partial charge in [-0.3, -0.25) is 4.79 Å². The highest BCUT2D eigenvalue weighted by Crippen LogP contribution is 2.35. The highest BCUT2D eigenvalue weighted by Gasteiger charge is 2.31. The van der Waals surface area contributed by atoms with Gasteiger partial charge < -0.3 is 16.3 Å². The number of hydrogen-bond donors (Lipinski definition) is 3. The monoisotopic (exact) mass is 281 g/mol. The summed E-state index contributed by atoms with van der Waals surface area (Å²) >= 11 is 0. The maximum absolute atomic E-state index is 12.2. The first-order valence-corrected chi connectivity index (χ1v) is 6.65. The van der Waals surface area contributed by atoms with Crippen molar-refractivity contribution in [2.45, 2.75) is 12.3 Å². The number of fused-ring (bicyclic) bond motifs is 1. The Kier molecular flexibility index (Phi) is 3.31. The van der Waals surface area contributed by atoms with Gasteiger partial charge >= 0.3 is 0 Å². The van der Waals surface area contributed by atoms with Crippen LogP contribution < -0.4 is 11.1 Å². The predicted molar refractivity (Wildman–Crippen MR) is 80.5 cm³/mol. The van der Waals surface area contributed by atoms with Crippen LogP contribution in [0.4, 0.5) is 5.69 Å². The van der Waals surface area contributed by atoms with Gasteiger partial charge in [0.15, 0.2) is 5.84 Å². The Bertz CT molecular complexity index is 708. The summed E-state index contributed by atoms with van der Waals surface area (Å²) in [6.07, 6.45) is 0.782. The lowest BCUT2D eigenvalue weighted by molar-refractivity contribution is -0.118. The minimum absolute atomic E-state index is 0.00903. The molecule has 3 rings (SSSR count). The van der Waals surface area contributed by atoms with Crippen LogP contribution >= 0.6 is 0 Å². The Labute approximate surface area is 122 Å². The molecule has 21 heavy (non-hydrogen) atoms. The molecule has 0 radical (unpaired) electrons. The summed E-state index contributed by atoms with van der Waals surface area (Å²) < 4.78 is 0.